The fourth-order valence-electron chi connectivity index (χ4n) is 1.65. The Morgan fingerprint density at radius 3 is 2.62 bits per heavy atom. The van der Waals surface area contributed by atoms with Gasteiger partial charge in [-0.25, -0.2) is 4.39 Å². The van der Waals surface area contributed by atoms with Gasteiger partial charge in [0.15, 0.2) is 5.82 Å². The smallest absolute Gasteiger partial charge is 0.311 e. The molecule has 0 spiro atoms. The van der Waals surface area contributed by atoms with Crippen LogP contribution in [-0.4, -0.2) is 15.9 Å². The zero-order valence-electron chi connectivity index (χ0n) is 10.3. The summed E-state index contributed by atoms with van der Waals surface area (Å²) in [6.07, 6.45) is 0. The van der Waals surface area contributed by atoms with Crippen LogP contribution in [0.25, 0.3) is 0 Å². The normalized spacial score (nSPS) is 10.2. The topological polar surface area (TPSA) is 92.5 Å². The number of nitrogens with one attached hydrogen (secondary N) is 1. The number of phenols is 1. The Kier molecular flexibility index (Phi) is 4.04. The molecule has 2 aromatic rings. The van der Waals surface area contributed by atoms with E-state index in [1.54, 1.807) is 0 Å². The van der Waals surface area contributed by atoms with Crippen LogP contribution < -0.4 is 5.32 Å². The van der Waals surface area contributed by atoms with Crippen LogP contribution in [0.2, 0.25) is 5.02 Å². The molecule has 8 heteroatoms. The van der Waals surface area contributed by atoms with Crippen molar-refractivity contribution >= 4 is 28.9 Å². The fourth-order valence-corrected chi connectivity index (χ4v) is 1.83. The third kappa shape index (κ3) is 2.92. The molecule has 0 aliphatic carbocycles. The Labute approximate surface area is 122 Å². The molecule has 2 aromatic carbocycles. The molecular weight excluding hydrogens is 303 g/mol. The second-order valence-electron chi connectivity index (χ2n) is 3.99. The molecule has 0 fully saturated rings. The molecule has 2 N–H and O–H groups in total. The molecule has 0 aliphatic rings. The second-order valence-corrected chi connectivity index (χ2v) is 4.39. The predicted octanol–water partition coefficient (Wildman–Crippen LogP) is 3.35. The van der Waals surface area contributed by atoms with Gasteiger partial charge in [-0.3, -0.25) is 14.9 Å². The molecule has 0 bridgehead atoms. The van der Waals surface area contributed by atoms with Gasteiger partial charge in [0.05, 0.1) is 21.2 Å². The van der Waals surface area contributed by atoms with E-state index in [2.05, 4.69) is 5.32 Å². The highest BCUT2D eigenvalue weighted by Gasteiger charge is 2.21. The number of carbonyl (C=O) groups is 1. The number of phenolic OH excluding ortho intramolecular Hbond substituents is 1. The van der Waals surface area contributed by atoms with Gasteiger partial charge in [0.25, 0.3) is 5.91 Å². The van der Waals surface area contributed by atoms with Crippen molar-refractivity contribution in [2.45, 2.75) is 0 Å². The number of nitro groups is 1. The largest absolute Gasteiger partial charge is 0.502 e. The van der Waals surface area contributed by atoms with Crippen molar-refractivity contribution in [3.05, 3.63) is 62.9 Å². The average molecular weight is 311 g/mol. The molecule has 0 aliphatic heterocycles. The predicted molar refractivity (Wildman–Crippen MR) is 74.1 cm³/mol. The minimum Gasteiger partial charge on any atom is -0.502 e. The lowest BCUT2D eigenvalue weighted by Gasteiger charge is -2.08. The first-order valence-corrected chi connectivity index (χ1v) is 6.01. The Bertz CT molecular complexity index is 736. The Morgan fingerprint density at radius 2 is 1.95 bits per heavy atom. The Hall–Kier alpha value is -2.67. The summed E-state index contributed by atoms with van der Waals surface area (Å²) in [5.41, 5.74) is -1.16. The lowest BCUT2D eigenvalue weighted by molar-refractivity contribution is -0.385. The van der Waals surface area contributed by atoms with Gasteiger partial charge in [-0.2, -0.15) is 0 Å². The van der Waals surface area contributed by atoms with Crippen molar-refractivity contribution in [3.63, 3.8) is 0 Å². The number of para-hydroxylation sites is 1. The average Bonchev–Trinajstić information content (AvgIpc) is 2.43. The van der Waals surface area contributed by atoms with Crippen molar-refractivity contribution in [3.8, 4) is 5.75 Å². The van der Waals surface area contributed by atoms with Crippen LogP contribution in [0, 0.1) is 15.9 Å². The zero-order valence-corrected chi connectivity index (χ0v) is 11.1. The van der Waals surface area contributed by atoms with Crippen LogP contribution in [-0.2, 0) is 0 Å². The minimum absolute atomic E-state index is 0.184. The molecule has 108 valence electrons. The van der Waals surface area contributed by atoms with E-state index in [9.17, 15) is 24.4 Å². The van der Waals surface area contributed by atoms with Crippen LogP contribution >= 0.6 is 11.6 Å². The summed E-state index contributed by atoms with van der Waals surface area (Å²) in [5.74, 6) is -2.52. The summed E-state index contributed by atoms with van der Waals surface area (Å²) < 4.78 is 13.7. The van der Waals surface area contributed by atoms with Crippen LogP contribution in [0.4, 0.5) is 15.8 Å². The number of nitrogens with zero attached hydrogens (tertiary/aromatic N) is 1. The number of amides is 1. The molecule has 0 saturated heterocycles. The summed E-state index contributed by atoms with van der Waals surface area (Å²) in [4.78, 5) is 21.8. The number of carbonyl (C=O) groups excluding carboxylic acids is 1. The highest BCUT2D eigenvalue weighted by atomic mass is 35.5. The maximum atomic E-state index is 13.7. The van der Waals surface area contributed by atoms with Crippen molar-refractivity contribution in [2.24, 2.45) is 0 Å². The van der Waals surface area contributed by atoms with Gasteiger partial charge in [0.2, 0.25) is 5.75 Å². The molecule has 0 radical (unpaired) electrons. The maximum Gasteiger partial charge on any atom is 0.311 e. The Balaban J connectivity index is 2.35. The first-order chi connectivity index (χ1) is 9.91. The molecule has 6 nitrogen and oxygen atoms in total. The lowest BCUT2D eigenvalue weighted by atomic mass is 10.1. The summed E-state index contributed by atoms with van der Waals surface area (Å²) in [6, 6.07) is 7.46. The van der Waals surface area contributed by atoms with Crippen LogP contribution in [0.5, 0.6) is 5.75 Å². The van der Waals surface area contributed by atoms with Crippen LogP contribution in [0.3, 0.4) is 0 Å². The first kappa shape index (κ1) is 14.7. The van der Waals surface area contributed by atoms with Gasteiger partial charge < -0.3 is 10.4 Å². The van der Waals surface area contributed by atoms with E-state index >= 15 is 0 Å². The standard InChI is InChI=1S/C13H8ClFN2O4/c14-8-4-2-5-9(11(8)15)16-13(19)7-3-1-6-10(12(7)18)17(20)21/h1-6,18H,(H,16,19). The first-order valence-electron chi connectivity index (χ1n) is 5.63. The van der Waals surface area contributed by atoms with E-state index in [0.717, 1.165) is 6.07 Å². The molecule has 2 rings (SSSR count). The van der Waals surface area contributed by atoms with Crippen molar-refractivity contribution in [1.29, 1.82) is 0 Å². The van der Waals surface area contributed by atoms with Gasteiger partial charge in [-0.1, -0.05) is 23.7 Å². The molecule has 0 saturated carbocycles. The number of halogens is 2. The minimum atomic E-state index is -0.891. The van der Waals surface area contributed by atoms with E-state index in [4.69, 9.17) is 11.6 Å². The molecule has 0 aromatic heterocycles. The monoisotopic (exact) mass is 310 g/mol. The van der Waals surface area contributed by atoms with E-state index in [1.165, 1.54) is 30.3 Å². The zero-order chi connectivity index (χ0) is 15.6. The molecule has 0 atom stereocenters. The quantitative estimate of drug-likeness (QED) is 0.671. The van der Waals surface area contributed by atoms with Crippen molar-refractivity contribution < 1.29 is 19.2 Å². The highest BCUT2D eigenvalue weighted by molar-refractivity contribution is 6.31. The van der Waals surface area contributed by atoms with Gasteiger partial charge in [0, 0.05) is 6.07 Å². The van der Waals surface area contributed by atoms with Gasteiger partial charge in [-0.15, -0.1) is 0 Å². The number of rotatable bonds is 3. The number of nitro benzene ring substituents is 1. The van der Waals surface area contributed by atoms with Crippen molar-refractivity contribution in [1.82, 2.24) is 0 Å². The van der Waals surface area contributed by atoms with E-state index in [0.29, 0.717) is 0 Å². The number of hydrogen-bond acceptors (Lipinski definition) is 4. The number of aromatic hydroxyl groups is 1. The summed E-state index contributed by atoms with van der Waals surface area (Å²) in [5, 5.41) is 22.4. The third-order valence-corrected chi connectivity index (χ3v) is 2.95. The fraction of sp³-hybridized carbons (Fsp3) is 0. The van der Waals surface area contributed by atoms with E-state index in [-0.39, 0.29) is 16.3 Å². The Morgan fingerprint density at radius 1 is 1.29 bits per heavy atom. The maximum absolute atomic E-state index is 13.7. The molecule has 0 heterocycles. The molecular formula is C13H8ClFN2O4. The lowest BCUT2D eigenvalue weighted by Crippen LogP contribution is -2.13. The van der Waals surface area contributed by atoms with Gasteiger partial charge >= 0.3 is 5.69 Å². The molecule has 0 unspecified atom stereocenters. The van der Waals surface area contributed by atoms with E-state index in [1.807, 2.05) is 0 Å². The SMILES string of the molecule is O=C(Nc1cccc(Cl)c1F)c1cccc([N+](=O)[O-])c1O. The summed E-state index contributed by atoms with van der Waals surface area (Å²) in [7, 11) is 0. The van der Waals surface area contributed by atoms with Gasteiger partial charge in [-0.05, 0) is 18.2 Å². The highest BCUT2D eigenvalue weighted by Crippen LogP contribution is 2.30. The number of hydrogen-bond donors (Lipinski definition) is 2. The summed E-state index contributed by atoms with van der Waals surface area (Å²) >= 11 is 5.58. The van der Waals surface area contributed by atoms with Crippen LogP contribution in [0.15, 0.2) is 36.4 Å². The van der Waals surface area contributed by atoms with E-state index < -0.39 is 28.1 Å². The molecule has 21 heavy (non-hydrogen) atoms. The second kappa shape index (κ2) is 5.76. The summed E-state index contributed by atoms with van der Waals surface area (Å²) in [6.45, 7) is 0. The number of benzene rings is 2. The van der Waals surface area contributed by atoms with Gasteiger partial charge in [0.1, 0.15) is 0 Å². The van der Waals surface area contributed by atoms with Crippen LogP contribution in [0.1, 0.15) is 10.4 Å². The molecule has 1 amide bonds. The number of anilines is 1. The third-order valence-electron chi connectivity index (χ3n) is 2.66. The van der Waals surface area contributed by atoms with Crippen molar-refractivity contribution in [2.75, 3.05) is 5.32 Å².